The second-order valence-electron chi connectivity index (χ2n) is 5.69. The van der Waals surface area contributed by atoms with Crippen molar-refractivity contribution in [2.75, 3.05) is 24.9 Å². The highest BCUT2D eigenvalue weighted by Crippen LogP contribution is 2.34. The van der Waals surface area contributed by atoms with Gasteiger partial charge in [0.1, 0.15) is 0 Å². The van der Waals surface area contributed by atoms with Crippen molar-refractivity contribution in [3.63, 3.8) is 0 Å². The largest absolute Gasteiger partial charge is 0.493 e. The number of carbonyl (C=O) groups excluding carboxylic acids is 2. The molecule has 0 bridgehead atoms. The first-order chi connectivity index (χ1) is 12.9. The molecule has 2 amide bonds. The van der Waals surface area contributed by atoms with Crippen molar-refractivity contribution in [2.45, 2.75) is 13.3 Å². The third kappa shape index (κ3) is 5.10. The number of nitrogens with one attached hydrogen (secondary N) is 2. The molecule has 0 aliphatic carbocycles. The number of methoxy groups -OCH3 is 2. The van der Waals surface area contributed by atoms with Crippen LogP contribution in [-0.4, -0.2) is 26.0 Å². The molecule has 2 aromatic rings. The van der Waals surface area contributed by atoms with Crippen molar-refractivity contribution >= 4 is 39.1 Å². The number of allylic oxidation sites excluding steroid dienone is 1. The lowest BCUT2D eigenvalue weighted by Crippen LogP contribution is -2.16. The van der Waals surface area contributed by atoms with E-state index in [0.29, 0.717) is 34.9 Å². The highest BCUT2D eigenvalue weighted by atomic mass is 79.9. The molecule has 0 aliphatic heterocycles. The van der Waals surface area contributed by atoms with E-state index in [2.05, 4.69) is 33.1 Å². The van der Waals surface area contributed by atoms with Crippen molar-refractivity contribution in [2.24, 2.45) is 0 Å². The summed E-state index contributed by atoms with van der Waals surface area (Å²) in [6.07, 6.45) is 2.25. The van der Waals surface area contributed by atoms with Crippen LogP contribution in [-0.2, 0) is 11.2 Å². The molecule has 6 nitrogen and oxygen atoms in total. The molecule has 2 rings (SSSR count). The van der Waals surface area contributed by atoms with E-state index < -0.39 is 0 Å². The van der Waals surface area contributed by atoms with Crippen LogP contribution in [0.4, 0.5) is 11.4 Å². The number of anilines is 2. The molecule has 0 radical (unpaired) electrons. The Kier molecular flexibility index (Phi) is 7.01. The van der Waals surface area contributed by atoms with E-state index in [9.17, 15) is 9.59 Å². The molecule has 7 heteroatoms. The van der Waals surface area contributed by atoms with Crippen LogP contribution in [0, 0.1) is 0 Å². The summed E-state index contributed by atoms with van der Waals surface area (Å²) < 4.78 is 11.5. The lowest BCUT2D eigenvalue weighted by Gasteiger charge is -2.15. The standard InChI is InChI=1S/C20H21BrN2O4/c1-5-6-13-9-14(10-18(26-3)19(13)27-4)20(25)23-17-11-15(21)7-8-16(17)22-12(2)24/h5,7-11H,1,6H2,2-4H3,(H,22,24)(H,23,25). The molecule has 2 N–H and O–H groups in total. The first-order valence-corrected chi connectivity index (χ1v) is 8.93. The second-order valence-corrected chi connectivity index (χ2v) is 6.60. The minimum Gasteiger partial charge on any atom is -0.493 e. The molecular formula is C20H21BrN2O4. The molecule has 0 spiro atoms. The molecule has 0 aromatic heterocycles. The van der Waals surface area contributed by atoms with E-state index in [1.807, 2.05) is 0 Å². The summed E-state index contributed by atoms with van der Waals surface area (Å²) in [4.78, 5) is 24.2. The Morgan fingerprint density at radius 3 is 2.44 bits per heavy atom. The van der Waals surface area contributed by atoms with Gasteiger partial charge < -0.3 is 20.1 Å². The fourth-order valence-electron chi connectivity index (χ4n) is 2.59. The number of amides is 2. The van der Waals surface area contributed by atoms with Crippen molar-refractivity contribution in [3.05, 3.63) is 58.6 Å². The van der Waals surface area contributed by atoms with Gasteiger partial charge >= 0.3 is 0 Å². The zero-order valence-electron chi connectivity index (χ0n) is 15.4. The van der Waals surface area contributed by atoms with Gasteiger partial charge in [-0.2, -0.15) is 0 Å². The number of halogens is 1. The van der Waals surface area contributed by atoms with Crippen LogP contribution in [0.15, 0.2) is 47.5 Å². The first kappa shape index (κ1) is 20.5. The Hall–Kier alpha value is -2.80. The second kappa shape index (κ2) is 9.23. The van der Waals surface area contributed by atoms with Crippen molar-refractivity contribution in [1.82, 2.24) is 0 Å². The van der Waals surface area contributed by atoms with Gasteiger partial charge in [0.2, 0.25) is 5.91 Å². The highest BCUT2D eigenvalue weighted by Gasteiger charge is 2.17. The molecule has 0 heterocycles. The molecule has 0 unspecified atom stereocenters. The van der Waals surface area contributed by atoms with E-state index in [4.69, 9.17) is 9.47 Å². The van der Waals surface area contributed by atoms with Crippen molar-refractivity contribution in [1.29, 1.82) is 0 Å². The molecular weight excluding hydrogens is 412 g/mol. The topological polar surface area (TPSA) is 76.7 Å². The number of hydrogen-bond donors (Lipinski definition) is 2. The Bertz CT molecular complexity index is 881. The van der Waals surface area contributed by atoms with Crippen LogP contribution in [0.3, 0.4) is 0 Å². The van der Waals surface area contributed by atoms with E-state index in [-0.39, 0.29) is 11.8 Å². The summed E-state index contributed by atoms with van der Waals surface area (Å²) in [5.41, 5.74) is 2.17. The first-order valence-electron chi connectivity index (χ1n) is 8.13. The number of carbonyl (C=O) groups is 2. The smallest absolute Gasteiger partial charge is 0.255 e. The monoisotopic (exact) mass is 432 g/mol. The Morgan fingerprint density at radius 2 is 1.85 bits per heavy atom. The summed E-state index contributed by atoms with van der Waals surface area (Å²) >= 11 is 3.37. The number of rotatable bonds is 7. The van der Waals surface area contributed by atoms with Gasteiger partial charge in [0.25, 0.3) is 5.91 Å². The Morgan fingerprint density at radius 1 is 1.11 bits per heavy atom. The van der Waals surface area contributed by atoms with Crippen molar-refractivity contribution in [3.8, 4) is 11.5 Å². The molecule has 0 saturated carbocycles. The van der Waals surface area contributed by atoms with Gasteiger partial charge in [0.05, 0.1) is 25.6 Å². The number of ether oxygens (including phenoxy) is 2. The van der Waals surface area contributed by atoms with Gasteiger partial charge in [-0.3, -0.25) is 9.59 Å². The van der Waals surface area contributed by atoms with Gasteiger partial charge in [-0.25, -0.2) is 0 Å². The molecule has 0 saturated heterocycles. The maximum atomic E-state index is 12.8. The molecule has 2 aromatic carbocycles. The molecule has 0 fully saturated rings. The van der Waals surface area contributed by atoms with Crippen LogP contribution in [0.5, 0.6) is 11.5 Å². The predicted molar refractivity (Wildman–Crippen MR) is 110 cm³/mol. The summed E-state index contributed by atoms with van der Waals surface area (Å²) in [5.74, 6) is 0.451. The molecule has 27 heavy (non-hydrogen) atoms. The maximum absolute atomic E-state index is 12.8. The summed E-state index contributed by atoms with van der Waals surface area (Å²) in [5, 5.41) is 5.52. The number of benzene rings is 2. The van der Waals surface area contributed by atoms with Crippen LogP contribution in [0.1, 0.15) is 22.8 Å². The third-order valence-corrected chi connectivity index (χ3v) is 4.22. The van der Waals surface area contributed by atoms with Crippen LogP contribution >= 0.6 is 15.9 Å². The normalized spacial score (nSPS) is 10.1. The third-order valence-electron chi connectivity index (χ3n) is 3.72. The zero-order valence-corrected chi connectivity index (χ0v) is 17.0. The average molecular weight is 433 g/mol. The summed E-state index contributed by atoms with van der Waals surface area (Å²) in [7, 11) is 3.06. The summed E-state index contributed by atoms with van der Waals surface area (Å²) in [6, 6.07) is 8.54. The highest BCUT2D eigenvalue weighted by molar-refractivity contribution is 9.10. The van der Waals surface area contributed by atoms with Gasteiger partial charge in [-0.05, 0) is 36.8 Å². The van der Waals surface area contributed by atoms with E-state index in [0.717, 1.165) is 10.0 Å². The number of hydrogen-bond acceptors (Lipinski definition) is 4. The fraction of sp³-hybridized carbons (Fsp3) is 0.200. The minimum absolute atomic E-state index is 0.229. The molecule has 142 valence electrons. The van der Waals surface area contributed by atoms with Crippen LogP contribution in [0.2, 0.25) is 0 Å². The predicted octanol–water partition coefficient (Wildman–Crippen LogP) is 4.41. The lowest BCUT2D eigenvalue weighted by atomic mass is 10.0. The van der Waals surface area contributed by atoms with Crippen LogP contribution < -0.4 is 20.1 Å². The quantitative estimate of drug-likeness (QED) is 0.635. The Labute approximate surface area is 166 Å². The Balaban J connectivity index is 2.41. The zero-order chi connectivity index (χ0) is 20.0. The molecule has 0 aliphatic rings. The minimum atomic E-state index is -0.342. The van der Waals surface area contributed by atoms with Gasteiger partial charge in [-0.15, -0.1) is 6.58 Å². The van der Waals surface area contributed by atoms with Crippen LogP contribution in [0.25, 0.3) is 0 Å². The lowest BCUT2D eigenvalue weighted by molar-refractivity contribution is -0.114. The van der Waals surface area contributed by atoms with E-state index in [1.165, 1.54) is 14.0 Å². The van der Waals surface area contributed by atoms with Gasteiger partial charge in [0.15, 0.2) is 11.5 Å². The maximum Gasteiger partial charge on any atom is 0.255 e. The summed E-state index contributed by atoms with van der Waals surface area (Å²) in [6.45, 7) is 5.14. The SMILES string of the molecule is C=CCc1cc(C(=O)Nc2cc(Br)ccc2NC(C)=O)cc(OC)c1OC. The van der Waals surface area contributed by atoms with E-state index in [1.54, 1.807) is 43.5 Å². The van der Waals surface area contributed by atoms with Gasteiger partial charge in [-0.1, -0.05) is 22.0 Å². The molecule has 0 atom stereocenters. The fourth-order valence-corrected chi connectivity index (χ4v) is 2.96. The average Bonchev–Trinajstić information content (AvgIpc) is 2.63. The van der Waals surface area contributed by atoms with Gasteiger partial charge in [0, 0.05) is 22.5 Å². The van der Waals surface area contributed by atoms with Crippen molar-refractivity contribution < 1.29 is 19.1 Å². The van der Waals surface area contributed by atoms with E-state index >= 15 is 0 Å².